The van der Waals surface area contributed by atoms with E-state index in [0.717, 1.165) is 18.5 Å². The van der Waals surface area contributed by atoms with Crippen LogP contribution in [0.1, 0.15) is 46.6 Å². The van der Waals surface area contributed by atoms with Crippen LogP contribution in [0.4, 0.5) is 4.79 Å². The lowest BCUT2D eigenvalue weighted by Crippen LogP contribution is -2.38. The molecular formula is C17H29N3O2. The van der Waals surface area contributed by atoms with Crippen molar-refractivity contribution in [3.63, 3.8) is 0 Å². The Morgan fingerprint density at radius 3 is 2.68 bits per heavy atom. The first-order valence-corrected chi connectivity index (χ1v) is 7.88. The number of hydrogen-bond acceptors (Lipinski definition) is 4. The van der Waals surface area contributed by atoms with Crippen LogP contribution in [-0.2, 0) is 11.3 Å². The van der Waals surface area contributed by atoms with Crippen LogP contribution in [0.3, 0.4) is 0 Å². The van der Waals surface area contributed by atoms with Crippen molar-refractivity contribution in [2.45, 2.75) is 59.2 Å². The van der Waals surface area contributed by atoms with Gasteiger partial charge in [-0.25, -0.2) is 4.79 Å². The molecule has 0 saturated heterocycles. The van der Waals surface area contributed by atoms with E-state index in [2.05, 4.69) is 24.1 Å². The first kappa shape index (κ1) is 18.4. The minimum Gasteiger partial charge on any atom is -0.444 e. The molecule has 0 aliphatic carbocycles. The third kappa shape index (κ3) is 7.98. The molecule has 1 aromatic rings. The Hall–Kier alpha value is -1.62. The summed E-state index contributed by atoms with van der Waals surface area (Å²) in [6.07, 6.45) is 4.12. The highest BCUT2D eigenvalue weighted by Crippen LogP contribution is 2.12. The zero-order valence-corrected chi connectivity index (χ0v) is 14.4. The molecule has 0 spiro atoms. The molecule has 0 saturated carbocycles. The number of aromatic nitrogens is 1. The molecule has 0 radical (unpaired) electrons. The number of pyridine rings is 1. The molecule has 22 heavy (non-hydrogen) atoms. The van der Waals surface area contributed by atoms with Crippen LogP contribution in [-0.4, -0.2) is 40.7 Å². The molecule has 1 aromatic heterocycles. The summed E-state index contributed by atoms with van der Waals surface area (Å²) in [5.41, 5.74) is 0.519. The molecule has 0 aliphatic heterocycles. The van der Waals surface area contributed by atoms with Gasteiger partial charge in [-0.3, -0.25) is 4.98 Å². The number of amides is 1. The zero-order valence-electron chi connectivity index (χ0n) is 14.4. The van der Waals surface area contributed by atoms with E-state index in [0.29, 0.717) is 19.1 Å². The molecular weight excluding hydrogens is 278 g/mol. The van der Waals surface area contributed by atoms with Crippen molar-refractivity contribution in [2.24, 2.45) is 0 Å². The summed E-state index contributed by atoms with van der Waals surface area (Å²) in [5, 5.41) is 3.36. The highest BCUT2D eigenvalue weighted by atomic mass is 16.6. The Kier molecular flexibility index (Phi) is 7.32. The summed E-state index contributed by atoms with van der Waals surface area (Å²) in [6, 6.07) is 4.30. The van der Waals surface area contributed by atoms with E-state index in [1.807, 2.05) is 32.9 Å². The predicted octanol–water partition coefficient (Wildman–Crippen LogP) is 3.21. The molecule has 124 valence electrons. The quantitative estimate of drug-likeness (QED) is 0.786. The van der Waals surface area contributed by atoms with Crippen molar-refractivity contribution in [1.82, 2.24) is 15.2 Å². The van der Waals surface area contributed by atoms with Gasteiger partial charge in [-0.1, -0.05) is 19.9 Å². The van der Waals surface area contributed by atoms with Crippen molar-refractivity contribution >= 4 is 6.09 Å². The van der Waals surface area contributed by atoms with Gasteiger partial charge in [-0.05, 0) is 45.4 Å². The Balaban J connectivity index is 2.61. The van der Waals surface area contributed by atoms with Crippen molar-refractivity contribution < 1.29 is 9.53 Å². The molecule has 0 aliphatic rings. The summed E-state index contributed by atoms with van der Waals surface area (Å²) in [4.78, 5) is 18.2. The van der Waals surface area contributed by atoms with Crippen LogP contribution in [0.25, 0.3) is 0 Å². The average molecular weight is 307 g/mol. The summed E-state index contributed by atoms with van der Waals surface area (Å²) in [5.74, 6) is 0. The lowest BCUT2D eigenvalue weighted by molar-refractivity contribution is 0.0231. The van der Waals surface area contributed by atoms with Gasteiger partial charge in [-0.15, -0.1) is 0 Å². The maximum atomic E-state index is 12.4. The second-order valence-electron chi connectivity index (χ2n) is 6.73. The molecule has 1 amide bonds. The second kappa shape index (κ2) is 8.73. The SMILES string of the molecule is CC(C)NCCCN(Cc1cccnc1)C(=O)OC(C)(C)C. The minimum atomic E-state index is -0.486. The first-order chi connectivity index (χ1) is 10.3. The maximum absolute atomic E-state index is 12.4. The Labute approximate surface area is 134 Å². The smallest absolute Gasteiger partial charge is 0.410 e. The highest BCUT2D eigenvalue weighted by molar-refractivity contribution is 5.68. The fourth-order valence-corrected chi connectivity index (χ4v) is 1.93. The fraction of sp³-hybridized carbons (Fsp3) is 0.647. The van der Waals surface area contributed by atoms with Crippen LogP contribution in [0.15, 0.2) is 24.5 Å². The highest BCUT2D eigenvalue weighted by Gasteiger charge is 2.22. The van der Waals surface area contributed by atoms with Crippen molar-refractivity contribution in [1.29, 1.82) is 0 Å². The number of hydrogen-bond donors (Lipinski definition) is 1. The van der Waals surface area contributed by atoms with Crippen LogP contribution in [0, 0.1) is 0 Å². The van der Waals surface area contributed by atoms with E-state index >= 15 is 0 Å². The summed E-state index contributed by atoms with van der Waals surface area (Å²) < 4.78 is 5.50. The number of carbonyl (C=O) groups is 1. The van der Waals surface area contributed by atoms with Gasteiger partial charge in [0.25, 0.3) is 0 Å². The monoisotopic (exact) mass is 307 g/mol. The Bertz CT molecular complexity index is 441. The van der Waals surface area contributed by atoms with Gasteiger partial charge < -0.3 is 15.0 Å². The second-order valence-corrected chi connectivity index (χ2v) is 6.73. The summed E-state index contributed by atoms with van der Waals surface area (Å²) in [6.45, 7) is 11.9. The molecule has 5 nitrogen and oxygen atoms in total. The van der Waals surface area contributed by atoms with Crippen LogP contribution in [0.5, 0.6) is 0 Å². The largest absolute Gasteiger partial charge is 0.444 e. The molecule has 1 N–H and O–H groups in total. The third-order valence-corrected chi connectivity index (χ3v) is 2.91. The Morgan fingerprint density at radius 2 is 2.14 bits per heavy atom. The minimum absolute atomic E-state index is 0.277. The lowest BCUT2D eigenvalue weighted by Gasteiger charge is -2.27. The molecule has 0 aromatic carbocycles. The standard InChI is InChI=1S/C17H29N3O2/c1-14(2)19-10-7-11-20(16(21)22-17(3,4)5)13-15-8-6-9-18-12-15/h6,8-9,12,14,19H,7,10-11,13H2,1-5H3. The molecule has 1 rings (SSSR count). The van der Waals surface area contributed by atoms with Crippen LogP contribution in [0.2, 0.25) is 0 Å². The first-order valence-electron chi connectivity index (χ1n) is 7.88. The number of rotatable bonds is 7. The van der Waals surface area contributed by atoms with Crippen molar-refractivity contribution in [3.8, 4) is 0 Å². The molecule has 0 bridgehead atoms. The Morgan fingerprint density at radius 1 is 1.41 bits per heavy atom. The summed E-state index contributed by atoms with van der Waals surface area (Å²) in [7, 11) is 0. The van der Waals surface area contributed by atoms with Gasteiger partial charge in [-0.2, -0.15) is 0 Å². The van der Waals surface area contributed by atoms with E-state index in [4.69, 9.17) is 4.74 Å². The zero-order chi connectivity index (χ0) is 16.6. The molecule has 0 fully saturated rings. The van der Waals surface area contributed by atoms with Gasteiger partial charge in [0.2, 0.25) is 0 Å². The van der Waals surface area contributed by atoms with E-state index in [1.54, 1.807) is 17.3 Å². The summed E-state index contributed by atoms with van der Waals surface area (Å²) >= 11 is 0. The third-order valence-electron chi connectivity index (χ3n) is 2.91. The van der Waals surface area contributed by atoms with E-state index in [9.17, 15) is 4.79 Å². The van der Waals surface area contributed by atoms with Gasteiger partial charge in [0.1, 0.15) is 5.60 Å². The molecule has 5 heteroatoms. The van der Waals surface area contributed by atoms with Gasteiger partial charge in [0.15, 0.2) is 0 Å². The molecule has 0 unspecified atom stereocenters. The van der Waals surface area contributed by atoms with Crippen LogP contribution >= 0.6 is 0 Å². The number of carbonyl (C=O) groups excluding carboxylic acids is 1. The number of ether oxygens (including phenoxy) is 1. The van der Waals surface area contributed by atoms with Gasteiger partial charge >= 0.3 is 6.09 Å². The topological polar surface area (TPSA) is 54.5 Å². The predicted molar refractivity (Wildman–Crippen MR) is 88.6 cm³/mol. The lowest BCUT2D eigenvalue weighted by atomic mass is 10.2. The van der Waals surface area contributed by atoms with Gasteiger partial charge in [0, 0.05) is 25.0 Å². The van der Waals surface area contributed by atoms with Crippen molar-refractivity contribution in [3.05, 3.63) is 30.1 Å². The van der Waals surface area contributed by atoms with E-state index < -0.39 is 5.60 Å². The fourth-order valence-electron chi connectivity index (χ4n) is 1.93. The van der Waals surface area contributed by atoms with Gasteiger partial charge in [0.05, 0.1) is 6.54 Å². The molecule has 1 heterocycles. The number of nitrogens with one attached hydrogen (secondary N) is 1. The van der Waals surface area contributed by atoms with Crippen LogP contribution < -0.4 is 5.32 Å². The number of nitrogens with zero attached hydrogens (tertiary/aromatic N) is 2. The normalized spacial score (nSPS) is 11.5. The van der Waals surface area contributed by atoms with E-state index in [1.165, 1.54) is 0 Å². The van der Waals surface area contributed by atoms with Crippen molar-refractivity contribution in [2.75, 3.05) is 13.1 Å². The molecule has 0 atom stereocenters. The van der Waals surface area contributed by atoms with E-state index in [-0.39, 0.29) is 6.09 Å². The average Bonchev–Trinajstić information content (AvgIpc) is 2.41. The maximum Gasteiger partial charge on any atom is 0.410 e.